The summed E-state index contributed by atoms with van der Waals surface area (Å²) in [6, 6.07) is 8.29. The molecule has 0 bridgehead atoms. The number of ether oxygens (including phenoxy) is 1. The molecule has 0 unspecified atom stereocenters. The van der Waals surface area contributed by atoms with Gasteiger partial charge in [-0.1, -0.05) is 17.7 Å². The Kier molecular flexibility index (Phi) is 4.95. The van der Waals surface area contributed by atoms with E-state index in [0.29, 0.717) is 0 Å². The summed E-state index contributed by atoms with van der Waals surface area (Å²) >= 11 is 0. The van der Waals surface area contributed by atoms with Crippen molar-refractivity contribution in [1.82, 2.24) is 10.2 Å². The summed E-state index contributed by atoms with van der Waals surface area (Å²) in [7, 11) is 0. The predicted octanol–water partition coefficient (Wildman–Crippen LogP) is 3.23. The third kappa shape index (κ3) is 4.72. The minimum Gasteiger partial charge on any atom is -0.494 e. The number of rotatable bonds is 5. The van der Waals surface area contributed by atoms with E-state index in [1.807, 2.05) is 12.1 Å². The van der Waals surface area contributed by atoms with Crippen LogP contribution in [0.5, 0.6) is 5.75 Å². The van der Waals surface area contributed by atoms with Gasteiger partial charge in [0.15, 0.2) is 0 Å². The Morgan fingerprint density at radius 2 is 1.81 bits per heavy atom. The van der Waals surface area contributed by atoms with Gasteiger partial charge in [-0.3, -0.25) is 4.90 Å². The normalized spacial score (nSPS) is 21.2. The van der Waals surface area contributed by atoms with Crippen LogP contribution in [0.3, 0.4) is 0 Å². The van der Waals surface area contributed by atoms with Crippen LogP contribution in [0.25, 0.3) is 0 Å². The highest BCUT2D eigenvalue weighted by atomic mass is 16.5. The van der Waals surface area contributed by atoms with Crippen LogP contribution in [0.15, 0.2) is 24.3 Å². The Bertz CT molecular complexity index is 451. The van der Waals surface area contributed by atoms with Crippen LogP contribution in [0.1, 0.15) is 39.7 Å². The van der Waals surface area contributed by atoms with Gasteiger partial charge in [0.25, 0.3) is 0 Å². The summed E-state index contributed by atoms with van der Waals surface area (Å²) in [5.74, 6) is 0.973. The van der Waals surface area contributed by atoms with Crippen molar-refractivity contribution >= 4 is 0 Å². The van der Waals surface area contributed by atoms with Gasteiger partial charge in [0.1, 0.15) is 5.75 Å². The molecule has 2 rings (SSSR count). The lowest BCUT2D eigenvalue weighted by atomic mass is 9.91. The lowest BCUT2D eigenvalue weighted by molar-refractivity contribution is 0.0354. The van der Waals surface area contributed by atoms with Crippen LogP contribution in [0.2, 0.25) is 0 Å². The molecule has 0 amide bonds. The second-order valence-electron chi connectivity index (χ2n) is 7.49. The second kappa shape index (κ2) is 6.37. The van der Waals surface area contributed by atoms with Crippen molar-refractivity contribution in [3.05, 3.63) is 29.8 Å². The van der Waals surface area contributed by atoms with Crippen LogP contribution in [-0.4, -0.2) is 42.2 Å². The summed E-state index contributed by atoms with van der Waals surface area (Å²) < 4.78 is 5.83. The fraction of sp³-hybridized carbons (Fsp3) is 0.667. The first-order chi connectivity index (χ1) is 9.78. The Balaban J connectivity index is 1.78. The summed E-state index contributed by atoms with van der Waals surface area (Å²) in [6.07, 6.45) is 1.06. The molecule has 1 heterocycles. The van der Waals surface area contributed by atoms with Crippen LogP contribution < -0.4 is 10.1 Å². The van der Waals surface area contributed by atoms with Gasteiger partial charge >= 0.3 is 0 Å². The summed E-state index contributed by atoms with van der Waals surface area (Å²) in [4.78, 5) is 2.59. The Morgan fingerprint density at radius 3 is 2.48 bits per heavy atom. The quantitative estimate of drug-likeness (QED) is 0.843. The van der Waals surface area contributed by atoms with E-state index in [9.17, 15) is 0 Å². The average Bonchev–Trinajstić information content (AvgIpc) is 2.41. The third-order valence-electron chi connectivity index (χ3n) is 4.30. The van der Waals surface area contributed by atoms with Crippen LogP contribution in [0, 0.1) is 6.92 Å². The van der Waals surface area contributed by atoms with Gasteiger partial charge < -0.3 is 10.1 Å². The Labute approximate surface area is 129 Å². The van der Waals surface area contributed by atoms with Crippen LogP contribution in [0.4, 0.5) is 0 Å². The van der Waals surface area contributed by atoms with E-state index in [4.69, 9.17) is 4.74 Å². The topological polar surface area (TPSA) is 24.5 Å². The van der Waals surface area contributed by atoms with Gasteiger partial charge in [-0.05, 0) is 53.2 Å². The molecule has 1 aromatic rings. The SMILES string of the molecule is Cc1ccc(OCCCN2CC(C)(C)NCC2(C)C)cc1. The number of benzene rings is 1. The number of aryl methyl sites for hydroxylation is 1. The molecule has 0 radical (unpaired) electrons. The lowest BCUT2D eigenvalue weighted by Gasteiger charge is -2.49. The molecule has 1 N–H and O–H groups in total. The van der Waals surface area contributed by atoms with Crippen molar-refractivity contribution in [2.24, 2.45) is 0 Å². The van der Waals surface area contributed by atoms with Crippen LogP contribution >= 0.6 is 0 Å². The smallest absolute Gasteiger partial charge is 0.119 e. The van der Waals surface area contributed by atoms with E-state index >= 15 is 0 Å². The lowest BCUT2D eigenvalue weighted by Crippen LogP contribution is -2.66. The van der Waals surface area contributed by atoms with Crippen LogP contribution in [-0.2, 0) is 0 Å². The number of nitrogens with zero attached hydrogens (tertiary/aromatic N) is 1. The first kappa shape index (κ1) is 16.3. The van der Waals surface area contributed by atoms with E-state index in [1.165, 1.54) is 5.56 Å². The van der Waals surface area contributed by atoms with Crippen molar-refractivity contribution in [3.8, 4) is 5.75 Å². The molecular weight excluding hydrogens is 260 g/mol. The van der Waals surface area contributed by atoms with Crippen molar-refractivity contribution in [3.63, 3.8) is 0 Å². The maximum absolute atomic E-state index is 5.83. The molecular formula is C18H30N2O. The maximum Gasteiger partial charge on any atom is 0.119 e. The van der Waals surface area contributed by atoms with Gasteiger partial charge in [-0.15, -0.1) is 0 Å². The second-order valence-corrected chi connectivity index (χ2v) is 7.49. The molecule has 118 valence electrons. The molecule has 1 fully saturated rings. The number of nitrogens with one attached hydrogen (secondary N) is 1. The molecule has 0 saturated carbocycles. The van der Waals surface area contributed by atoms with Gasteiger partial charge in [0, 0.05) is 30.7 Å². The highest BCUT2D eigenvalue weighted by Crippen LogP contribution is 2.23. The average molecular weight is 290 g/mol. The molecule has 3 nitrogen and oxygen atoms in total. The number of piperazine rings is 1. The Morgan fingerprint density at radius 1 is 1.14 bits per heavy atom. The number of hydrogen-bond donors (Lipinski definition) is 1. The van der Waals surface area contributed by atoms with E-state index in [1.54, 1.807) is 0 Å². The summed E-state index contributed by atoms with van der Waals surface area (Å²) in [6.45, 7) is 15.3. The highest BCUT2D eigenvalue weighted by molar-refractivity contribution is 5.26. The van der Waals surface area contributed by atoms with Crippen molar-refractivity contribution in [2.75, 3.05) is 26.2 Å². The zero-order valence-electron chi connectivity index (χ0n) is 14.2. The Hall–Kier alpha value is -1.06. The van der Waals surface area contributed by atoms with Gasteiger partial charge in [0.2, 0.25) is 0 Å². The minimum absolute atomic E-state index is 0.202. The zero-order valence-corrected chi connectivity index (χ0v) is 14.2. The fourth-order valence-corrected chi connectivity index (χ4v) is 2.78. The molecule has 0 aromatic heterocycles. The third-order valence-corrected chi connectivity index (χ3v) is 4.30. The minimum atomic E-state index is 0.202. The van der Waals surface area contributed by atoms with E-state index in [2.05, 4.69) is 57.0 Å². The standard InChI is InChI=1S/C18H30N2O/c1-15-7-9-16(10-8-15)21-12-6-11-20-14-17(2,3)19-13-18(20,4)5/h7-10,19H,6,11-14H2,1-5H3. The van der Waals surface area contributed by atoms with E-state index in [0.717, 1.165) is 38.4 Å². The van der Waals surface area contributed by atoms with E-state index < -0.39 is 0 Å². The summed E-state index contributed by atoms with van der Waals surface area (Å²) in [5.41, 5.74) is 1.69. The van der Waals surface area contributed by atoms with Gasteiger partial charge in [-0.25, -0.2) is 0 Å². The molecule has 3 heteroatoms. The molecule has 21 heavy (non-hydrogen) atoms. The number of hydrogen-bond acceptors (Lipinski definition) is 3. The monoisotopic (exact) mass is 290 g/mol. The van der Waals surface area contributed by atoms with Crippen molar-refractivity contribution in [2.45, 2.75) is 52.1 Å². The van der Waals surface area contributed by atoms with Crippen molar-refractivity contribution in [1.29, 1.82) is 0 Å². The van der Waals surface area contributed by atoms with Gasteiger partial charge in [-0.2, -0.15) is 0 Å². The molecule has 0 atom stereocenters. The van der Waals surface area contributed by atoms with E-state index in [-0.39, 0.29) is 11.1 Å². The first-order valence-electron chi connectivity index (χ1n) is 7.98. The van der Waals surface area contributed by atoms with Crippen molar-refractivity contribution < 1.29 is 4.74 Å². The molecule has 1 aliphatic rings. The summed E-state index contributed by atoms with van der Waals surface area (Å²) in [5, 5.41) is 3.63. The van der Waals surface area contributed by atoms with Gasteiger partial charge in [0.05, 0.1) is 6.61 Å². The molecule has 1 aliphatic heterocycles. The fourth-order valence-electron chi connectivity index (χ4n) is 2.78. The molecule has 1 saturated heterocycles. The zero-order chi connectivity index (χ0) is 15.5. The molecule has 1 aromatic carbocycles. The molecule has 0 spiro atoms. The highest BCUT2D eigenvalue weighted by Gasteiger charge is 2.36. The maximum atomic E-state index is 5.83. The largest absolute Gasteiger partial charge is 0.494 e. The molecule has 0 aliphatic carbocycles. The first-order valence-corrected chi connectivity index (χ1v) is 7.98. The predicted molar refractivity (Wildman–Crippen MR) is 89.0 cm³/mol.